The molecule has 2 aromatic carbocycles. The molecule has 0 aliphatic carbocycles. The Kier molecular flexibility index (Phi) is 40.2. The van der Waals surface area contributed by atoms with Gasteiger partial charge in [0.15, 0.2) is 18.0 Å². The van der Waals surface area contributed by atoms with Crippen molar-refractivity contribution in [2.24, 2.45) is 52.5 Å². The number of nitrogens with one attached hydrogen (secondary N) is 10. The third-order valence-corrected chi connectivity index (χ3v) is 16.6. The zero-order chi connectivity index (χ0) is 86.3. The Hall–Kier alpha value is -10.8. The second kappa shape index (κ2) is 46.2. The Bertz CT molecular complexity index is 3630. The maximum absolute atomic E-state index is 14.6. The molecule has 0 saturated carbocycles. The van der Waals surface area contributed by atoms with E-state index < -0.39 is 236 Å². The molecule has 14 atom stereocenters. The monoisotopic (exact) mass is 1620 g/mol. The standard InChI is InChI=1S/C70H103F6N15O22/c1-12-36(10)49(89-56(97)42(22-17-23-82-67(80)81)84-57(98)43(25-33(4)5)85-58(99)48(78)52(94)35(8)9)60(101)90-50(37(11)92)59(100)83-29-47(93)88-51(53(54(79)95)113-66(108)70(74,75)76)61(102)87-45(31-110-65(107)69(71,72)73)64(106)112-40-21-16-20-39(27-40)28-46(63(104)105)91(68(109)111-30-38-18-14-13-15-19-38)62(103)44(26-34(6)7)86-55(96)41(77)24-32(2)3/h13-16,18-21,27,32-37,41-46,48-53,92,94H,12,17,22-26,28-31,77-78H2,1-11H3,(H2,79,95)(H,83,100)(H,84,98)(H,85,99)(H,86,96)(H,87,102)(H,88,93)(H,89,97)(H,90,101)(H,104,105)(H4,80,81,82)/t36-,37-,41+,42+,43-,44-,45?,46-,48-,49-,50-,51-,52?,53-/m0/s1. The molecule has 632 valence electrons. The lowest BCUT2D eigenvalue weighted by Crippen LogP contribution is -2.63. The molecule has 2 unspecified atom stereocenters. The van der Waals surface area contributed by atoms with Gasteiger partial charge in [0, 0.05) is 13.0 Å². The largest absolute Gasteiger partial charge is 0.490 e. The Morgan fingerprint density at radius 2 is 1.11 bits per heavy atom. The number of carboxylic acid groups (broad SMARTS) is 1. The summed E-state index contributed by atoms with van der Waals surface area (Å²) in [6.07, 6.45) is -21.1. The highest BCUT2D eigenvalue weighted by Gasteiger charge is 2.49. The van der Waals surface area contributed by atoms with Gasteiger partial charge in [0.2, 0.25) is 53.4 Å². The molecular weight excluding hydrogens is 1520 g/mol. The van der Waals surface area contributed by atoms with Crippen molar-refractivity contribution in [3.05, 3.63) is 65.7 Å². The van der Waals surface area contributed by atoms with E-state index in [4.69, 9.17) is 37.8 Å². The van der Waals surface area contributed by atoms with Crippen LogP contribution in [0.3, 0.4) is 0 Å². The quantitative estimate of drug-likeness (QED) is 0.00706. The number of aliphatic hydroxyl groups excluding tert-OH is 2. The van der Waals surface area contributed by atoms with Crippen molar-refractivity contribution < 1.29 is 133 Å². The molecule has 0 heterocycles. The van der Waals surface area contributed by atoms with Crippen LogP contribution in [0.2, 0.25) is 0 Å². The highest BCUT2D eigenvalue weighted by atomic mass is 19.4. The van der Waals surface area contributed by atoms with Crippen LogP contribution in [0.25, 0.3) is 0 Å². The molecule has 11 amide bonds. The number of benzene rings is 2. The Morgan fingerprint density at radius 3 is 1.64 bits per heavy atom. The number of primary amides is 1. The number of aliphatic hydroxyl groups is 2. The number of esters is 3. The van der Waals surface area contributed by atoms with Crippen LogP contribution in [-0.2, 0) is 94.4 Å². The average molecular weight is 1620 g/mol. The van der Waals surface area contributed by atoms with Gasteiger partial charge in [-0.25, -0.2) is 28.9 Å². The number of carboxylic acids is 1. The van der Waals surface area contributed by atoms with Crippen LogP contribution in [0, 0.1) is 35.0 Å². The summed E-state index contributed by atoms with van der Waals surface area (Å²) in [5.74, 6) is -27.4. The number of guanidine groups is 1. The first-order valence-electron chi connectivity index (χ1n) is 35.6. The normalized spacial score (nSPS) is 15.3. The van der Waals surface area contributed by atoms with E-state index in [1.54, 1.807) is 91.1 Å². The molecule has 0 aliphatic heterocycles. The Labute approximate surface area is 646 Å². The van der Waals surface area contributed by atoms with Gasteiger partial charge in [0.05, 0.1) is 24.8 Å². The number of ether oxygens (including phenoxy) is 4. The summed E-state index contributed by atoms with van der Waals surface area (Å²) in [5, 5.41) is 59.4. The number of imide groups is 1. The summed E-state index contributed by atoms with van der Waals surface area (Å²) in [7, 11) is 0. The molecular formula is C70H103F6N15O22. The number of halogens is 6. The van der Waals surface area contributed by atoms with Crippen LogP contribution in [0.15, 0.2) is 54.6 Å². The number of nitrogens with two attached hydrogens (primary N) is 4. The minimum absolute atomic E-state index is 0.0141. The predicted molar refractivity (Wildman–Crippen MR) is 385 cm³/mol. The van der Waals surface area contributed by atoms with Crippen molar-refractivity contribution in [3.63, 3.8) is 0 Å². The van der Waals surface area contributed by atoms with Gasteiger partial charge >= 0.3 is 42.3 Å². The van der Waals surface area contributed by atoms with Crippen molar-refractivity contribution >= 4 is 95.0 Å². The first kappa shape index (κ1) is 98.3. The van der Waals surface area contributed by atoms with Crippen LogP contribution in [-0.4, -0.2) is 226 Å². The number of carbonyl (C=O) groups is 15. The van der Waals surface area contributed by atoms with Gasteiger partial charge in [-0.05, 0) is 91.9 Å². The van der Waals surface area contributed by atoms with Crippen molar-refractivity contribution in [1.29, 1.82) is 5.41 Å². The van der Waals surface area contributed by atoms with E-state index in [9.17, 15) is 114 Å². The van der Waals surface area contributed by atoms with E-state index in [2.05, 4.69) is 41.4 Å². The van der Waals surface area contributed by atoms with Gasteiger partial charge in [-0.15, -0.1) is 0 Å². The van der Waals surface area contributed by atoms with E-state index >= 15 is 0 Å². The number of carbonyl (C=O) groups excluding carboxylic acids is 14. The maximum atomic E-state index is 14.6. The smallest absolute Gasteiger partial charge is 0.480 e. The lowest BCUT2D eigenvalue weighted by atomic mass is 9.96. The molecule has 0 spiro atoms. The molecule has 0 aromatic heterocycles. The van der Waals surface area contributed by atoms with E-state index in [0.717, 1.165) is 31.2 Å². The zero-order valence-corrected chi connectivity index (χ0v) is 64.0. The van der Waals surface area contributed by atoms with Gasteiger partial charge in [-0.1, -0.05) is 118 Å². The fraction of sp³-hybridized carbons (Fsp3) is 0.600. The third-order valence-electron chi connectivity index (χ3n) is 16.6. The number of nitrogens with zero attached hydrogens (tertiary/aromatic N) is 1. The lowest BCUT2D eigenvalue weighted by molar-refractivity contribution is -0.206. The summed E-state index contributed by atoms with van der Waals surface area (Å²) >= 11 is 0. The molecule has 0 radical (unpaired) electrons. The summed E-state index contributed by atoms with van der Waals surface area (Å²) in [5.41, 5.74) is 22.9. The summed E-state index contributed by atoms with van der Waals surface area (Å²) in [6.45, 7) is 13.4. The number of aliphatic carboxylic acids is 1. The van der Waals surface area contributed by atoms with Gasteiger partial charge in [-0.2, -0.15) is 26.3 Å². The van der Waals surface area contributed by atoms with Crippen LogP contribution in [0.1, 0.15) is 126 Å². The second-order valence-corrected chi connectivity index (χ2v) is 28.0. The first-order chi connectivity index (χ1) is 52.4. The molecule has 0 fully saturated rings. The highest BCUT2D eigenvalue weighted by Crippen LogP contribution is 2.24. The molecule has 0 saturated heterocycles. The Balaban J connectivity index is 2.68. The van der Waals surface area contributed by atoms with E-state index in [1.807, 2.05) is 5.32 Å². The molecule has 2 rings (SSSR count). The third kappa shape index (κ3) is 34.0. The minimum atomic E-state index is -6.03. The molecule has 2 aromatic rings. The molecule has 0 aliphatic rings. The van der Waals surface area contributed by atoms with Crippen LogP contribution in [0.4, 0.5) is 31.1 Å². The number of amides is 11. The zero-order valence-electron chi connectivity index (χ0n) is 64.0. The average Bonchev–Trinajstić information content (AvgIpc) is 0.815. The first-order valence-corrected chi connectivity index (χ1v) is 35.6. The van der Waals surface area contributed by atoms with Crippen molar-refractivity contribution in [1.82, 2.24) is 52.8 Å². The van der Waals surface area contributed by atoms with Crippen LogP contribution >= 0.6 is 0 Å². The molecule has 37 nitrogen and oxygen atoms in total. The maximum Gasteiger partial charge on any atom is 0.490 e. The Morgan fingerprint density at radius 1 is 0.575 bits per heavy atom. The van der Waals surface area contributed by atoms with Crippen LogP contribution < -0.4 is 75.5 Å². The molecule has 113 heavy (non-hydrogen) atoms. The lowest BCUT2D eigenvalue weighted by Gasteiger charge is -2.31. The van der Waals surface area contributed by atoms with Gasteiger partial charge in [0.25, 0.3) is 11.8 Å². The molecule has 43 heteroatoms. The number of hydrogen-bond acceptors (Lipinski definition) is 24. The SMILES string of the molecule is CC[C@H](C)[C@H](NC(=O)[C@@H](CCCNC(=N)N)NC(=O)[C@H](CC(C)C)NC(=O)[C@@H](N)C(O)C(C)C)C(=O)N[C@H](C(=O)NCC(=O)N[C@H](C(=O)NC(COC(=O)C(F)(F)F)C(=O)Oc1cccc(C[C@@H](C(=O)O)N(C(=O)OCc2ccccc2)C(=O)[C@H](CC(C)C)NC(=O)[C@H](N)CC(C)C)c1)[C@H](OC(=O)C(F)(F)F)C(N)=O)[C@H](C)O. The van der Waals surface area contributed by atoms with Gasteiger partial charge in [-0.3, -0.25) is 53.4 Å². The molecule has 0 bridgehead atoms. The number of alkyl halides is 6. The van der Waals surface area contributed by atoms with E-state index in [0.29, 0.717) is 5.56 Å². The molecule has 21 N–H and O–H groups in total. The van der Waals surface area contributed by atoms with Gasteiger partial charge in [0.1, 0.15) is 61.3 Å². The highest BCUT2D eigenvalue weighted by molar-refractivity contribution is 6.02. The number of rotatable bonds is 45. The van der Waals surface area contributed by atoms with E-state index in [-0.39, 0.29) is 67.4 Å². The van der Waals surface area contributed by atoms with Crippen molar-refractivity contribution in [2.75, 3.05) is 19.7 Å². The second-order valence-electron chi connectivity index (χ2n) is 28.0. The van der Waals surface area contributed by atoms with Crippen LogP contribution in [0.5, 0.6) is 5.75 Å². The summed E-state index contributed by atoms with van der Waals surface area (Å²) < 4.78 is 101. The van der Waals surface area contributed by atoms with Crippen molar-refractivity contribution in [3.8, 4) is 5.75 Å². The van der Waals surface area contributed by atoms with Crippen molar-refractivity contribution in [2.45, 2.75) is 219 Å². The topological polar surface area (TPSA) is 593 Å². The van der Waals surface area contributed by atoms with Gasteiger partial charge < -0.3 is 105 Å². The number of hydrogen-bond donors (Lipinski definition) is 17. The minimum Gasteiger partial charge on any atom is -0.480 e. The predicted octanol–water partition coefficient (Wildman–Crippen LogP) is -1.17. The summed E-state index contributed by atoms with van der Waals surface area (Å²) in [6, 6.07) is -7.46. The fourth-order valence-corrected chi connectivity index (χ4v) is 10.5. The van der Waals surface area contributed by atoms with E-state index in [1.165, 1.54) is 19.1 Å². The fourth-order valence-electron chi connectivity index (χ4n) is 10.5. The summed E-state index contributed by atoms with van der Waals surface area (Å²) in [4.78, 5) is 204.